The van der Waals surface area contributed by atoms with Gasteiger partial charge >= 0.3 is 0 Å². The lowest BCUT2D eigenvalue weighted by atomic mass is 9.77. The molecule has 0 spiro atoms. The molecule has 3 rings (SSSR count). The Labute approximate surface area is 131 Å². The molecule has 2 nitrogen and oxygen atoms in total. The van der Waals surface area contributed by atoms with Gasteiger partial charge in [-0.25, -0.2) is 0 Å². The van der Waals surface area contributed by atoms with Crippen LogP contribution in [0.25, 0.3) is 11.0 Å². The summed E-state index contributed by atoms with van der Waals surface area (Å²) >= 11 is 6.18. The summed E-state index contributed by atoms with van der Waals surface area (Å²) in [6.07, 6.45) is 7.72. The highest BCUT2D eigenvalue weighted by atomic mass is 35.5. The number of hydrogen-bond donors (Lipinski definition) is 1. The number of furan rings is 1. The highest BCUT2D eigenvalue weighted by molar-refractivity contribution is 6.34. The van der Waals surface area contributed by atoms with Crippen molar-refractivity contribution in [2.45, 2.75) is 51.5 Å². The minimum Gasteiger partial charge on any atom is -0.458 e. The Morgan fingerprint density at radius 1 is 1.29 bits per heavy atom. The van der Waals surface area contributed by atoms with E-state index in [9.17, 15) is 0 Å². The second-order valence-electron chi connectivity index (χ2n) is 6.40. The predicted octanol–water partition coefficient (Wildman–Crippen LogP) is 5.69. The summed E-state index contributed by atoms with van der Waals surface area (Å²) in [7, 11) is 0. The van der Waals surface area contributed by atoms with E-state index in [0.29, 0.717) is 10.9 Å². The van der Waals surface area contributed by atoms with Crippen molar-refractivity contribution in [1.82, 2.24) is 0 Å². The van der Waals surface area contributed by atoms with E-state index in [-0.39, 0.29) is 6.04 Å². The maximum Gasteiger partial charge on any atom is 0.152 e. The zero-order chi connectivity index (χ0) is 14.8. The van der Waals surface area contributed by atoms with E-state index in [2.05, 4.69) is 13.0 Å². The molecule has 1 saturated carbocycles. The number of rotatable bonds is 4. The lowest BCUT2D eigenvalue weighted by Crippen LogP contribution is -2.25. The van der Waals surface area contributed by atoms with Crippen LogP contribution in [0, 0.1) is 11.8 Å². The first-order chi connectivity index (χ1) is 10.2. The second kappa shape index (κ2) is 6.41. The van der Waals surface area contributed by atoms with E-state index >= 15 is 0 Å². The fourth-order valence-electron chi connectivity index (χ4n) is 3.69. The van der Waals surface area contributed by atoms with Crippen LogP contribution < -0.4 is 5.73 Å². The van der Waals surface area contributed by atoms with Crippen LogP contribution in [0.15, 0.2) is 28.7 Å². The molecule has 1 aliphatic carbocycles. The van der Waals surface area contributed by atoms with Gasteiger partial charge < -0.3 is 10.2 Å². The van der Waals surface area contributed by atoms with E-state index in [1.54, 1.807) is 0 Å². The molecular weight excluding hydrogens is 282 g/mol. The summed E-state index contributed by atoms with van der Waals surface area (Å²) in [5, 5.41) is 1.71. The molecule has 0 saturated heterocycles. The van der Waals surface area contributed by atoms with Crippen LogP contribution in [0.1, 0.15) is 57.3 Å². The zero-order valence-electron chi connectivity index (χ0n) is 12.6. The largest absolute Gasteiger partial charge is 0.458 e. The molecule has 1 heterocycles. The Balaban J connectivity index is 1.72. The van der Waals surface area contributed by atoms with Gasteiger partial charge in [0.1, 0.15) is 5.76 Å². The van der Waals surface area contributed by atoms with Gasteiger partial charge in [-0.05, 0) is 36.8 Å². The van der Waals surface area contributed by atoms with Crippen molar-refractivity contribution in [2.75, 3.05) is 0 Å². The highest BCUT2D eigenvalue weighted by Crippen LogP contribution is 2.39. The van der Waals surface area contributed by atoms with Crippen LogP contribution in [0.4, 0.5) is 0 Å². The molecule has 114 valence electrons. The van der Waals surface area contributed by atoms with Crippen molar-refractivity contribution in [1.29, 1.82) is 0 Å². The van der Waals surface area contributed by atoms with Gasteiger partial charge in [0.25, 0.3) is 0 Å². The summed E-state index contributed by atoms with van der Waals surface area (Å²) in [4.78, 5) is 0. The molecule has 1 aromatic heterocycles. The number of halogens is 1. The van der Waals surface area contributed by atoms with E-state index in [0.717, 1.165) is 22.6 Å². The average Bonchev–Trinajstić information content (AvgIpc) is 2.93. The monoisotopic (exact) mass is 305 g/mol. The number of para-hydroxylation sites is 1. The fourth-order valence-corrected chi connectivity index (χ4v) is 3.91. The normalized spacial score (nSPS) is 24.3. The topological polar surface area (TPSA) is 39.2 Å². The van der Waals surface area contributed by atoms with Gasteiger partial charge in [0.2, 0.25) is 0 Å². The molecule has 0 aliphatic heterocycles. The van der Waals surface area contributed by atoms with Crippen LogP contribution in [-0.4, -0.2) is 0 Å². The summed E-state index contributed by atoms with van der Waals surface area (Å²) in [6, 6.07) is 7.89. The van der Waals surface area contributed by atoms with Crippen molar-refractivity contribution in [3.05, 3.63) is 35.0 Å². The van der Waals surface area contributed by atoms with Gasteiger partial charge in [-0.3, -0.25) is 0 Å². The summed E-state index contributed by atoms with van der Waals surface area (Å²) in [6.45, 7) is 2.27. The molecule has 1 aliphatic rings. The molecule has 2 aromatic rings. The first-order valence-electron chi connectivity index (χ1n) is 8.12. The van der Waals surface area contributed by atoms with E-state index < -0.39 is 0 Å². The summed E-state index contributed by atoms with van der Waals surface area (Å²) in [5.74, 6) is 2.33. The Kier molecular flexibility index (Phi) is 4.56. The molecule has 1 fully saturated rings. The van der Waals surface area contributed by atoms with E-state index in [1.165, 1.54) is 38.5 Å². The fraction of sp³-hybridized carbons (Fsp3) is 0.556. The average molecular weight is 306 g/mol. The van der Waals surface area contributed by atoms with E-state index in [4.69, 9.17) is 21.8 Å². The quantitative estimate of drug-likeness (QED) is 0.787. The number of benzene rings is 1. The van der Waals surface area contributed by atoms with Crippen molar-refractivity contribution >= 4 is 22.6 Å². The molecule has 0 radical (unpaired) electrons. The third-order valence-electron chi connectivity index (χ3n) is 4.94. The highest BCUT2D eigenvalue weighted by Gasteiger charge is 2.28. The van der Waals surface area contributed by atoms with Crippen molar-refractivity contribution in [3.63, 3.8) is 0 Å². The Morgan fingerprint density at radius 3 is 2.71 bits per heavy atom. The smallest absolute Gasteiger partial charge is 0.152 e. The van der Waals surface area contributed by atoms with Gasteiger partial charge in [-0.1, -0.05) is 56.3 Å². The van der Waals surface area contributed by atoms with E-state index in [1.807, 2.05) is 18.2 Å². The maximum absolute atomic E-state index is 6.47. The lowest BCUT2D eigenvalue weighted by molar-refractivity contribution is 0.223. The van der Waals surface area contributed by atoms with Crippen LogP contribution in [0.2, 0.25) is 5.02 Å². The van der Waals surface area contributed by atoms with Gasteiger partial charge in [0, 0.05) is 5.39 Å². The van der Waals surface area contributed by atoms with Gasteiger partial charge in [-0.2, -0.15) is 0 Å². The van der Waals surface area contributed by atoms with Crippen LogP contribution in [-0.2, 0) is 0 Å². The Morgan fingerprint density at radius 2 is 2.05 bits per heavy atom. The number of nitrogens with two attached hydrogens (primary N) is 1. The predicted molar refractivity (Wildman–Crippen MR) is 88.5 cm³/mol. The standard InChI is InChI=1S/C18H24ClNO/c1-2-4-12-7-9-13(10-8-12)17(20)16-11-14-5-3-6-15(19)18(14)21-16/h3,5-6,11-13,17H,2,4,7-10,20H2,1H3. The molecule has 2 N–H and O–H groups in total. The third kappa shape index (κ3) is 3.12. The molecule has 0 amide bonds. The number of hydrogen-bond acceptors (Lipinski definition) is 2. The number of fused-ring (bicyclic) bond motifs is 1. The van der Waals surface area contributed by atoms with Crippen molar-refractivity contribution in [3.8, 4) is 0 Å². The van der Waals surface area contributed by atoms with Crippen LogP contribution in [0.5, 0.6) is 0 Å². The first-order valence-corrected chi connectivity index (χ1v) is 8.50. The van der Waals surface area contributed by atoms with Gasteiger partial charge in [0.05, 0.1) is 11.1 Å². The molecule has 1 aromatic carbocycles. The second-order valence-corrected chi connectivity index (χ2v) is 6.81. The van der Waals surface area contributed by atoms with Crippen molar-refractivity contribution < 1.29 is 4.42 Å². The van der Waals surface area contributed by atoms with Gasteiger partial charge in [-0.15, -0.1) is 0 Å². The SMILES string of the molecule is CCCC1CCC(C(N)c2cc3cccc(Cl)c3o2)CC1. The summed E-state index contributed by atoms with van der Waals surface area (Å²) in [5.41, 5.74) is 7.23. The Hall–Kier alpha value is -0.990. The first kappa shape index (κ1) is 14.9. The summed E-state index contributed by atoms with van der Waals surface area (Å²) < 4.78 is 5.93. The Bertz CT molecular complexity index is 598. The lowest BCUT2D eigenvalue weighted by Gasteiger charge is -2.31. The van der Waals surface area contributed by atoms with Crippen LogP contribution in [0.3, 0.4) is 0 Å². The van der Waals surface area contributed by atoms with Crippen molar-refractivity contribution in [2.24, 2.45) is 17.6 Å². The molecular formula is C18H24ClNO. The van der Waals surface area contributed by atoms with Crippen LogP contribution >= 0.6 is 11.6 Å². The molecule has 21 heavy (non-hydrogen) atoms. The minimum atomic E-state index is -0.00366. The van der Waals surface area contributed by atoms with Gasteiger partial charge in [0.15, 0.2) is 5.58 Å². The molecule has 1 unspecified atom stereocenters. The minimum absolute atomic E-state index is 0.00366. The maximum atomic E-state index is 6.47. The third-order valence-corrected chi connectivity index (χ3v) is 5.24. The molecule has 1 atom stereocenters. The zero-order valence-corrected chi connectivity index (χ0v) is 13.4. The molecule has 3 heteroatoms. The molecule has 0 bridgehead atoms.